The van der Waals surface area contributed by atoms with Gasteiger partial charge in [0.25, 0.3) is 0 Å². The summed E-state index contributed by atoms with van der Waals surface area (Å²) >= 11 is 0. The fraction of sp³-hybridized carbons (Fsp3) is 0.579. The summed E-state index contributed by atoms with van der Waals surface area (Å²) in [5, 5.41) is 6.65. The molecule has 1 aromatic rings. The molecule has 0 radical (unpaired) electrons. The fourth-order valence-electron chi connectivity index (χ4n) is 4.28. The van der Waals surface area contributed by atoms with Gasteiger partial charge in [-0.3, -0.25) is 0 Å². The van der Waals surface area contributed by atoms with E-state index in [1.54, 1.807) is 0 Å². The Bertz CT molecular complexity index is 670. The number of nitrogens with one attached hydrogen (secondary N) is 2. The van der Waals surface area contributed by atoms with Gasteiger partial charge in [0.15, 0.2) is 0 Å². The lowest BCUT2D eigenvalue weighted by Gasteiger charge is -2.36. The van der Waals surface area contributed by atoms with Crippen molar-refractivity contribution in [1.82, 2.24) is 15.3 Å². The topological polar surface area (TPSA) is 53.1 Å². The van der Waals surface area contributed by atoms with Gasteiger partial charge in [-0.1, -0.05) is 12.2 Å². The molecule has 2 aliphatic carbocycles. The molecule has 2 saturated heterocycles. The third-order valence-corrected chi connectivity index (χ3v) is 5.65. The Morgan fingerprint density at radius 2 is 2.25 bits per heavy atom. The van der Waals surface area contributed by atoms with E-state index < -0.39 is 0 Å². The van der Waals surface area contributed by atoms with Gasteiger partial charge in [-0.25, -0.2) is 4.98 Å². The quantitative estimate of drug-likeness (QED) is 0.755. The minimum absolute atomic E-state index is 0.430. The van der Waals surface area contributed by atoms with Crippen LogP contribution in [0.4, 0.5) is 11.8 Å². The summed E-state index contributed by atoms with van der Waals surface area (Å²) in [5.74, 6) is 2.44. The molecule has 0 atom stereocenters. The highest BCUT2D eigenvalue weighted by molar-refractivity contribution is 5.50. The molecule has 5 nitrogen and oxygen atoms in total. The average molecular weight is 325 g/mol. The lowest BCUT2D eigenvalue weighted by molar-refractivity contribution is 0.196. The Labute approximate surface area is 144 Å². The van der Waals surface area contributed by atoms with Gasteiger partial charge in [0, 0.05) is 36.4 Å². The predicted octanol–water partition coefficient (Wildman–Crippen LogP) is 2.95. The maximum atomic E-state index is 4.72. The molecule has 2 aliphatic heterocycles. The number of hydrogen-bond acceptors (Lipinski definition) is 5. The van der Waals surface area contributed by atoms with E-state index in [0.717, 1.165) is 36.5 Å². The minimum Gasteiger partial charge on any atom is -0.341 e. The molecule has 5 rings (SSSR count). The molecule has 5 heteroatoms. The van der Waals surface area contributed by atoms with Crippen molar-refractivity contribution in [3.8, 4) is 0 Å². The van der Waals surface area contributed by atoms with Crippen molar-refractivity contribution in [3.63, 3.8) is 0 Å². The van der Waals surface area contributed by atoms with E-state index in [1.807, 2.05) is 19.3 Å². The van der Waals surface area contributed by atoms with E-state index >= 15 is 0 Å². The van der Waals surface area contributed by atoms with Gasteiger partial charge in [0.1, 0.15) is 5.82 Å². The van der Waals surface area contributed by atoms with Gasteiger partial charge in [0.05, 0.1) is 0 Å². The van der Waals surface area contributed by atoms with Crippen LogP contribution in [0.5, 0.6) is 0 Å². The van der Waals surface area contributed by atoms with Crippen molar-refractivity contribution in [1.29, 1.82) is 0 Å². The van der Waals surface area contributed by atoms with Gasteiger partial charge in [0.2, 0.25) is 5.95 Å². The van der Waals surface area contributed by atoms with Gasteiger partial charge in [-0.2, -0.15) is 4.98 Å². The molecule has 0 spiro atoms. The zero-order valence-electron chi connectivity index (χ0n) is 14.7. The molecule has 3 heterocycles. The standard InChI is InChI=1S/C19H27N5/c1-13(15-4-5-15)8-14(2)22-17-6-7-21-18(23-17)24-12-19(11-20-3)9-16(24)10-19/h6-8,15-16,20H,2,4-5,9-12H2,1,3H3,(H,21,22,23)/b13-8+. The minimum atomic E-state index is 0.430. The normalized spacial score (nSPS) is 28.7. The second-order valence-electron chi connectivity index (χ2n) is 7.78. The van der Waals surface area contributed by atoms with Crippen LogP contribution in [0.15, 0.2) is 36.2 Å². The lowest BCUT2D eigenvalue weighted by Crippen LogP contribution is -2.41. The molecule has 0 amide bonds. The molecule has 2 bridgehead atoms. The molecule has 2 saturated carbocycles. The molecule has 2 N–H and O–H groups in total. The van der Waals surface area contributed by atoms with Crippen molar-refractivity contribution in [2.45, 2.75) is 38.6 Å². The summed E-state index contributed by atoms with van der Waals surface area (Å²) < 4.78 is 0. The van der Waals surface area contributed by atoms with Gasteiger partial charge >= 0.3 is 0 Å². The zero-order chi connectivity index (χ0) is 16.7. The van der Waals surface area contributed by atoms with E-state index in [1.165, 1.54) is 31.3 Å². The SMILES string of the molecule is C=C(/C=C(\C)C1CC1)Nc1ccnc(N2CC3(CNC)CC2C3)n1. The second kappa shape index (κ2) is 5.88. The van der Waals surface area contributed by atoms with Crippen LogP contribution in [0.25, 0.3) is 0 Å². The number of allylic oxidation sites excluding steroid dienone is 2. The number of fused-ring (bicyclic) bond motifs is 1. The van der Waals surface area contributed by atoms with E-state index in [9.17, 15) is 0 Å². The highest BCUT2D eigenvalue weighted by Crippen LogP contribution is 2.52. The van der Waals surface area contributed by atoms with E-state index in [-0.39, 0.29) is 0 Å². The Morgan fingerprint density at radius 1 is 1.46 bits per heavy atom. The largest absolute Gasteiger partial charge is 0.341 e. The van der Waals surface area contributed by atoms with Crippen molar-refractivity contribution >= 4 is 11.8 Å². The van der Waals surface area contributed by atoms with Crippen LogP contribution in [0, 0.1) is 11.3 Å². The maximum absolute atomic E-state index is 4.72. The molecule has 24 heavy (non-hydrogen) atoms. The molecular weight excluding hydrogens is 298 g/mol. The first-order chi connectivity index (χ1) is 11.6. The lowest BCUT2D eigenvalue weighted by atomic mass is 9.70. The van der Waals surface area contributed by atoms with E-state index in [0.29, 0.717) is 11.5 Å². The van der Waals surface area contributed by atoms with Gasteiger partial charge in [-0.15, -0.1) is 0 Å². The highest BCUT2D eigenvalue weighted by atomic mass is 15.3. The highest BCUT2D eigenvalue weighted by Gasteiger charge is 2.55. The zero-order valence-corrected chi connectivity index (χ0v) is 14.7. The third-order valence-electron chi connectivity index (χ3n) is 5.65. The molecule has 4 fully saturated rings. The number of nitrogens with zero attached hydrogens (tertiary/aromatic N) is 3. The van der Waals surface area contributed by atoms with Crippen LogP contribution < -0.4 is 15.5 Å². The van der Waals surface area contributed by atoms with Crippen LogP contribution in [0.3, 0.4) is 0 Å². The number of rotatable bonds is 7. The summed E-state index contributed by atoms with van der Waals surface area (Å²) in [7, 11) is 2.04. The molecule has 128 valence electrons. The van der Waals surface area contributed by atoms with Crippen LogP contribution in [0.1, 0.15) is 32.6 Å². The van der Waals surface area contributed by atoms with Crippen molar-refractivity contribution < 1.29 is 0 Å². The maximum Gasteiger partial charge on any atom is 0.227 e. The smallest absolute Gasteiger partial charge is 0.227 e. The number of anilines is 2. The molecular formula is C19H27N5. The summed E-state index contributed by atoms with van der Waals surface area (Å²) in [5.41, 5.74) is 2.75. The number of aromatic nitrogens is 2. The van der Waals surface area contributed by atoms with Gasteiger partial charge < -0.3 is 15.5 Å². The number of hydrogen-bond donors (Lipinski definition) is 2. The summed E-state index contributed by atoms with van der Waals surface area (Å²) in [6.45, 7) is 8.45. The first kappa shape index (κ1) is 15.6. The van der Waals surface area contributed by atoms with Crippen molar-refractivity contribution in [2.24, 2.45) is 11.3 Å². The van der Waals surface area contributed by atoms with Crippen LogP contribution in [-0.4, -0.2) is 36.1 Å². The third kappa shape index (κ3) is 2.93. The molecule has 1 aromatic heterocycles. The summed E-state index contributed by atoms with van der Waals surface area (Å²) in [4.78, 5) is 11.6. The van der Waals surface area contributed by atoms with Crippen LogP contribution >= 0.6 is 0 Å². The van der Waals surface area contributed by atoms with E-state index in [2.05, 4.69) is 40.1 Å². The Balaban J connectivity index is 1.43. The van der Waals surface area contributed by atoms with Gasteiger partial charge in [-0.05, 0) is 57.7 Å². The monoisotopic (exact) mass is 325 g/mol. The Kier molecular flexibility index (Phi) is 3.83. The Hall–Kier alpha value is -1.88. The molecule has 4 aliphatic rings. The van der Waals surface area contributed by atoms with Crippen molar-refractivity contribution in [3.05, 3.63) is 36.2 Å². The average Bonchev–Trinajstić information content (AvgIpc) is 3.23. The summed E-state index contributed by atoms with van der Waals surface area (Å²) in [6, 6.07) is 2.52. The van der Waals surface area contributed by atoms with Crippen molar-refractivity contribution in [2.75, 3.05) is 30.4 Å². The first-order valence-electron chi connectivity index (χ1n) is 8.97. The predicted molar refractivity (Wildman–Crippen MR) is 98.0 cm³/mol. The first-order valence-corrected chi connectivity index (χ1v) is 8.97. The molecule has 0 aromatic carbocycles. The van der Waals surface area contributed by atoms with E-state index in [4.69, 9.17) is 4.98 Å². The van der Waals surface area contributed by atoms with Crippen LogP contribution in [-0.2, 0) is 0 Å². The van der Waals surface area contributed by atoms with Crippen LogP contribution in [0.2, 0.25) is 0 Å². The Morgan fingerprint density at radius 3 is 2.96 bits per heavy atom. The summed E-state index contributed by atoms with van der Waals surface area (Å²) in [6.07, 6.45) is 9.13. The molecule has 0 unspecified atom stereocenters. The fourth-order valence-corrected chi connectivity index (χ4v) is 4.28. The second-order valence-corrected chi connectivity index (χ2v) is 7.78.